The average Bonchev–Trinajstić information content (AvgIpc) is 2.14. The average molecular weight is 277 g/mol. The summed E-state index contributed by atoms with van der Waals surface area (Å²) >= 11 is 9.31. The van der Waals surface area contributed by atoms with Crippen LogP contribution >= 0.6 is 27.5 Å². The maximum atomic E-state index is 11.1. The van der Waals surface area contributed by atoms with Gasteiger partial charge in [0.2, 0.25) is 0 Å². The Morgan fingerprint density at radius 2 is 2.36 bits per heavy atom. The van der Waals surface area contributed by atoms with Crippen molar-refractivity contribution in [2.75, 3.05) is 11.9 Å². The van der Waals surface area contributed by atoms with Gasteiger partial charge in [0, 0.05) is 4.47 Å². The van der Waals surface area contributed by atoms with Gasteiger partial charge < -0.3 is 10.1 Å². The van der Waals surface area contributed by atoms with Gasteiger partial charge in [0.25, 0.3) is 5.91 Å². The Balaban J connectivity index is 2.63. The van der Waals surface area contributed by atoms with Gasteiger partial charge in [-0.2, -0.15) is 0 Å². The van der Waals surface area contributed by atoms with Crippen molar-refractivity contribution in [2.24, 2.45) is 0 Å². The summed E-state index contributed by atoms with van der Waals surface area (Å²) in [4.78, 5) is 11.1. The first-order valence-electron chi connectivity index (χ1n) is 4.01. The Morgan fingerprint density at radius 1 is 1.64 bits per heavy atom. The van der Waals surface area contributed by atoms with E-state index >= 15 is 0 Å². The first-order chi connectivity index (χ1) is 6.59. The highest BCUT2D eigenvalue weighted by Crippen LogP contribution is 2.41. The summed E-state index contributed by atoms with van der Waals surface area (Å²) in [6.45, 7) is 1.90. The lowest BCUT2D eigenvalue weighted by Crippen LogP contribution is -2.26. The van der Waals surface area contributed by atoms with E-state index < -0.39 is 0 Å². The van der Waals surface area contributed by atoms with Gasteiger partial charge in [-0.3, -0.25) is 4.79 Å². The van der Waals surface area contributed by atoms with Crippen LogP contribution in [0.3, 0.4) is 0 Å². The van der Waals surface area contributed by atoms with Gasteiger partial charge in [-0.05, 0) is 18.6 Å². The maximum Gasteiger partial charge on any atom is 0.262 e. The molecule has 3 nitrogen and oxygen atoms in total. The van der Waals surface area contributed by atoms with Crippen LogP contribution in [0.25, 0.3) is 0 Å². The second kappa shape index (κ2) is 3.44. The number of benzene rings is 1. The number of hydrogen-bond donors (Lipinski definition) is 1. The molecule has 0 unspecified atom stereocenters. The van der Waals surface area contributed by atoms with Crippen molar-refractivity contribution < 1.29 is 9.53 Å². The summed E-state index contributed by atoms with van der Waals surface area (Å²) in [5, 5.41) is 3.23. The van der Waals surface area contributed by atoms with Crippen molar-refractivity contribution in [3.63, 3.8) is 0 Å². The lowest BCUT2D eigenvalue weighted by molar-refractivity contribution is -0.118. The Hall–Kier alpha value is -0.740. The largest absolute Gasteiger partial charge is 0.480 e. The SMILES string of the molecule is Cc1c(Br)cc(Cl)c2c1NC(=O)CO2. The molecule has 0 spiro atoms. The predicted molar refractivity (Wildman–Crippen MR) is 58.0 cm³/mol. The Labute approximate surface area is 94.5 Å². The monoisotopic (exact) mass is 275 g/mol. The number of hydrogen-bond acceptors (Lipinski definition) is 2. The topological polar surface area (TPSA) is 38.3 Å². The Bertz CT molecular complexity index is 420. The number of anilines is 1. The van der Waals surface area contributed by atoms with Crippen LogP contribution in [0.15, 0.2) is 10.5 Å². The van der Waals surface area contributed by atoms with Crippen LogP contribution in [0, 0.1) is 6.92 Å². The van der Waals surface area contributed by atoms with E-state index in [0.29, 0.717) is 16.5 Å². The van der Waals surface area contributed by atoms with Crippen molar-refractivity contribution >= 4 is 39.1 Å². The van der Waals surface area contributed by atoms with Crippen LogP contribution in [-0.2, 0) is 4.79 Å². The summed E-state index contributed by atoms with van der Waals surface area (Å²) in [6, 6.07) is 1.76. The van der Waals surface area contributed by atoms with Gasteiger partial charge in [0.05, 0.1) is 10.7 Å². The second-order valence-electron chi connectivity index (χ2n) is 3.01. The first-order valence-corrected chi connectivity index (χ1v) is 5.18. The number of fused-ring (bicyclic) bond motifs is 1. The molecule has 0 aromatic heterocycles. The lowest BCUT2D eigenvalue weighted by atomic mass is 10.1. The standard InChI is InChI=1S/C9H7BrClNO2/c1-4-5(10)2-6(11)9-8(4)12-7(13)3-14-9/h2H,3H2,1H3,(H,12,13). The van der Waals surface area contributed by atoms with E-state index in [4.69, 9.17) is 16.3 Å². The van der Waals surface area contributed by atoms with E-state index in [1.54, 1.807) is 6.07 Å². The molecule has 1 aliphatic heterocycles. The van der Waals surface area contributed by atoms with Crippen molar-refractivity contribution in [3.8, 4) is 5.75 Å². The smallest absolute Gasteiger partial charge is 0.262 e. The predicted octanol–water partition coefficient (Wildman–Crippen LogP) is 2.74. The Kier molecular flexibility index (Phi) is 2.41. The third kappa shape index (κ3) is 1.48. The molecule has 1 amide bonds. The van der Waals surface area contributed by atoms with E-state index in [1.165, 1.54) is 0 Å². The van der Waals surface area contributed by atoms with E-state index in [2.05, 4.69) is 21.2 Å². The summed E-state index contributed by atoms with van der Waals surface area (Å²) in [7, 11) is 0. The highest BCUT2D eigenvalue weighted by atomic mass is 79.9. The molecule has 1 N–H and O–H groups in total. The fraction of sp³-hybridized carbons (Fsp3) is 0.222. The molecular formula is C9H7BrClNO2. The highest BCUT2D eigenvalue weighted by Gasteiger charge is 2.21. The quantitative estimate of drug-likeness (QED) is 0.791. The molecule has 14 heavy (non-hydrogen) atoms. The number of nitrogens with one attached hydrogen (secondary N) is 1. The minimum Gasteiger partial charge on any atom is -0.480 e. The molecule has 1 heterocycles. The van der Waals surface area contributed by atoms with Crippen molar-refractivity contribution in [1.82, 2.24) is 0 Å². The second-order valence-corrected chi connectivity index (χ2v) is 4.27. The minimum absolute atomic E-state index is 0.0216. The number of amides is 1. The molecule has 5 heteroatoms. The third-order valence-corrected chi connectivity index (χ3v) is 3.15. The normalized spacial score (nSPS) is 14.4. The fourth-order valence-corrected chi connectivity index (χ4v) is 2.12. The number of ether oxygens (including phenoxy) is 1. The molecule has 1 aromatic rings. The molecule has 0 saturated heterocycles. The van der Waals surface area contributed by atoms with Crippen molar-refractivity contribution in [1.29, 1.82) is 0 Å². The molecule has 1 aromatic carbocycles. The van der Waals surface area contributed by atoms with E-state index in [0.717, 1.165) is 10.0 Å². The molecule has 74 valence electrons. The zero-order valence-corrected chi connectivity index (χ0v) is 9.70. The number of halogens is 2. The van der Waals surface area contributed by atoms with Crippen molar-refractivity contribution in [3.05, 3.63) is 21.1 Å². The summed E-state index contributed by atoms with van der Waals surface area (Å²) in [6.07, 6.45) is 0. The third-order valence-electron chi connectivity index (χ3n) is 2.04. The Morgan fingerprint density at radius 3 is 3.07 bits per heavy atom. The lowest BCUT2D eigenvalue weighted by Gasteiger charge is -2.21. The van der Waals surface area contributed by atoms with Crippen LogP contribution in [0.5, 0.6) is 5.75 Å². The number of rotatable bonds is 0. The maximum absolute atomic E-state index is 11.1. The summed E-state index contributed by atoms with van der Waals surface area (Å²) in [5.41, 5.74) is 1.57. The molecule has 0 radical (unpaired) electrons. The zero-order valence-electron chi connectivity index (χ0n) is 7.36. The first kappa shape index (κ1) is 9.80. The molecule has 0 atom stereocenters. The summed E-state index contributed by atoms with van der Waals surface area (Å²) < 4.78 is 6.09. The van der Waals surface area contributed by atoms with Crippen molar-refractivity contribution in [2.45, 2.75) is 6.92 Å². The van der Waals surface area contributed by atoms with Gasteiger partial charge in [-0.1, -0.05) is 27.5 Å². The summed E-state index contributed by atoms with van der Waals surface area (Å²) in [5.74, 6) is 0.390. The molecule has 2 rings (SSSR count). The van der Waals surface area contributed by atoms with Crippen LogP contribution in [0.2, 0.25) is 5.02 Å². The van der Waals surface area contributed by atoms with Gasteiger partial charge in [0.15, 0.2) is 12.4 Å². The molecule has 0 aliphatic carbocycles. The minimum atomic E-state index is -0.158. The number of carbonyl (C=O) groups is 1. The molecule has 1 aliphatic rings. The fourth-order valence-electron chi connectivity index (χ4n) is 1.30. The zero-order chi connectivity index (χ0) is 10.3. The van der Waals surface area contributed by atoms with E-state index in [9.17, 15) is 4.79 Å². The van der Waals surface area contributed by atoms with E-state index in [1.807, 2.05) is 6.92 Å². The van der Waals surface area contributed by atoms with E-state index in [-0.39, 0.29) is 12.5 Å². The van der Waals surface area contributed by atoms with Gasteiger partial charge >= 0.3 is 0 Å². The van der Waals surface area contributed by atoms with Gasteiger partial charge in [-0.25, -0.2) is 0 Å². The molecule has 0 bridgehead atoms. The number of carbonyl (C=O) groups excluding carboxylic acids is 1. The van der Waals surface area contributed by atoms with Crippen LogP contribution in [0.4, 0.5) is 5.69 Å². The van der Waals surface area contributed by atoms with Gasteiger partial charge in [-0.15, -0.1) is 0 Å². The molecular weight excluding hydrogens is 269 g/mol. The molecule has 0 saturated carbocycles. The van der Waals surface area contributed by atoms with Crippen LogP contribution < -0.4 is 10.1 Å². The van der Waals surface area contributed by atoms with Crippen LogP contribution in [-0.4, -0.2) is 12.5 Å². The molecule has 0 fully saturated rings. The highest BCUT2D eigenvalue weighted by molar-refractivity contribution is 9.10. The van der Waals surface area contributed by atoms with Gasteiger partial charge in [0.1, 0.15) is 0 Å². The van der Waals surface area contributed by atoms with Crippen LogP contribution in [0.1, 0.15) is 5.56 Å².